The first-order valence-electron chi connectivity index (χ1n) is 9.47. The summed E-state index contributed by atoms with van der Waals surface area (Å²) < 4.78 is 6.63. The van der Waals surface area contributed by atoms with E-state index in [2.05, 4.69) is 5.10 Å². The van der Waals surface area contributed by atoms with Crippen LogP contribution in [0.1, 0.15) is 21.6 Å². The monoisotopic (exact) mass is 415 g/mol. The van der Waals surface area contributed by atoms with Crippen LogP contribution in [0.5, 0.6) is 0 Å². The molecule has 1 aromatic heterocycles. The van der Waals surface area contributed by atoms with Gasteiger partial charge in [0.15, 0.2) is 5.69 Å². The highest BCUT2D eigenvalue weighted by Gasteiger charge is 2.18. The van der Waals surface area contributed by atoms with Gasteiger partial charge in [0, 0.05) is 17.5 Å². The zero-order valence-electron chi connectivity index (χ0n) is 16.3. The maximum absolute atomic E-state index is 12.9. The molecule has 0 saturated heterocycles. The number of nitro groups is 1. The molecule has 0 radical (unpaired) electrons. The Balaban J connectivity index is 1.64. The second kappa shape index (κ2) is 8.58. The second-order valence-electron chi connectivity index (χ2n) is 6.84. The van der Waals surface area contributed by atoms with Gasteiger partial charge >= 0.3 is 5.97 Å². The van der Waals surface area contributed by atoms with Crippen LogP contribution in [0.3, 0.4) is 0 Å². The van der Waals surface area contributed by atoms with E-state index < -0.39 is 10.9 Å². The van der Waals surface area contributed by atoms with Gasteiger partial charge < -0.3 is 4.74 Å². The lowest BCUT2D eigenvalue weighted by Gasteiger charge is -2.11. The molecule has 0 aliphatic carbocycles. The standard InChI is InChI=1S/C23H17N3O5/c27-22-20-9-5-4-8-19(20)21(24-25(22)14-16-6-2-1-3-7-16)23(28)31-15-17-10-12-18(13-11-17)26(29)30/h1-13H,14-15H2. The number of aromatic nitrogens is 2. The number of ether oxygens (including phenoxy) is 1. The normalized spacial score (nSPS) is 10.7. The zero-order chi connectivity index (χ0) is 21.8. The molecule has 0 N–H and O–H groups in total. The van der Waals surface area contributed by atoms with Gasteiger partial charge in [-0.05, 0) is 29.3 Å². The van der Waals surface area contributed by atoms with Crippen molar-refractivity contribution in [2.24, 2.45) is 0 Å². The summed E-state index contributed by atoms with van der Waals surface area (Å²) in [5, 5.41) is 15.8. The molecule has 8 heteroatoms. The fourth-order valence-corrected chi connectivity index (χ4v) is 3.18. The predicted molar refractivity (Wildman–Crippen MR) is 114 cm³/mol. The van der Waals surface area contributed by atoms with Crippen molar-refractivity contribution in [1.29, 1.82) is 0 Å². The Morgan fingerprint density at radius 1 is 0.903 bits per heavy atom. The average Bonchev–Trinajstić information content (AvgIpc) is 2.80. The highest BCUT2D eigenvalue weighted by atomic mass is 16.6. The molecule has 4 aromatic rings. The summed E-state index contributed by atoms with van der Waals surface area (Å²) in [6.07, 6.45) is 0. The summed E-state index contributed by atoms with van der Waals surface area (Å²) >= 11 is 0. The molecule has 3 aromatic carbocycles. The molecule has 0 amide bonds. The summed E-state index contributed by atoms with van der Waals surface area (Å²) in [5.74, 6) is -0.684. The number of nitro benzene ring substituents is 1. The van der Waals surface area contributed by atoms with Gasteiger partial charge in [0.25, 0.3) is 11.2 Å². The number of hydrogen-bond acceptors (Lipinski definition) is 6. The Kier molecular flexibility index (Phi) is 5.53. The molecule has 0 spiro atoms. The van der Waals surface area contributed by atoms with Crippen LogP contribution in [0, 0.1) is 10.1 Å². The van der Waals surface area contributed by atoms with E-state index in [1.165, 1.54) is 28.9 Å². The van der Waals surface area contributed by atoms with E-state index >= 15 is 0 Å². The molecule has 1 heterocycles. The number of rotatable bonds is 6. The lowest BCUT2D eigenvalue weighted by atomic mass is 10.1. The molecule has 154 valence electrons. The SMILES string of the molecule is O=C(OCc1ccc([N+](=O)[O-])cc1)c1nn(Cc2ccccc2)c(=O)c2ccccc12. The van der Waals surface area contributed by atoms with Crippen molar-refractivity contribution in [3.8, 4) is 0 Å². The first-order chi connectivity index (χ1) is 15.0. The minimum atomic E-state index is -0.684. The number of nitrogens with zero attached hydrogens (tertiary/aromatic N) is 3. The highest BCUT2D eigenvalue weighted by Crippen LogP contribution is 2.17. The second-order valence-corrected chi connectivity index (χ2v) is 6.84. The summed E-state index contributed by atoms with van der Waals surface area (Å²) in [7, 11) is 0. The van der Waals surface area contributed by atoms with Gasteiger partial charge in [0.1, 0.15) is 6.61 Å². The van der Waals surface area contributed by atoms with Gasteiger partial charge in [-0.1, -0.05) is 48.5 Å². The van der Waals surface area contributed by atoms with E-state index in [1.807, 2.05) is 30.3 Å². The van der Waals surface area contributed by atoms with Gasteiger partial charge in [-0.15, -0.1) is 0 Å². The molecule has 31 heavy (non-hydrogen) atoms. The van der Waals surface area contributed by atoms with Crippen LogP contribution >= 0.6 is 0 Å². The average molecular weight is 415 g/mol. The third-order valence-electron chi connectivity index (χ3n) is 4.75. The predicted octanol–water partition coefficient (Wildman–Crippen LogP) is 3.71. The van der Waals surface area contributed by atoms with Crippen molar-refractivity contribution < 1.29 is 14.5 Å². The third-order valence-corrected chi connectivity index (χ3v) is 4.75. The minimum absolute atomic E-state index is 0.0352. The fraction of sp³-hybridized carbons (Fsp3) is 0.0870. The van der Waals surface area contributed by atoms with Crippen LogP contribution in [0.4, 0.5) is 5.69 Å². The first-order valence-corrected chi connectivity index (χ1v) is 9.47. The van der Waals surface area contributed by atoms with E-state index in [0.29, 0.717) is 16.3 Å². The Bertz CT molecular complexity index is 1310. The number of esters is 1. The van der Waals surface area contributed by atoms with Crippen LogP contribution < -0.4 is 5.56 Å². The van der Waals surface area contributed by atoms with E-state index in [0.717, 1.165) is 5.56 Å². The minimum Gasteiger partial charge on any atom is -0.456 e. The Hall–Kier alpha value is -4.33. The van der Waals surface area contributed by atoms with Crippen molar-refractivity contribution in [2.75, 3.05) is 0 Å². The molecular weight excluding hydrogens is 398 g/mol. The van der Waals surface area contributed by atoms with Crippen LogP contribution in [0.2, 0.25) is 0 Å². The van der Waals surface area contributed by atoms with Crippen molar-refractivity contribution in [3.05, 3.63) is 116 Å². The fourth-order valence-electron chi connectivity index (χ4n) is 3.18. The van der Waals surface area contributed by atoms with Crippen molar-refractivity contribution in [1.82, 2.24) is 9.78 Å². The summed E-state index contributed by atoms with van der Waals surface area (Å²) in [6.45, 7) is 0.137. The Labute approximate surface area is 176 Å². The summed E-state index contributed by atoms with van der Waals surface area (Å²) in [6, 6.07) is 21.8. The van der Waals surface area contributed by atoms with Gasteiger partial charge in [0.2, 0.25) is 0 Å². The van der Waals surface area contributed by atoms with Crippen molar-refractivity contribution in [3.63, 3.8) is 0 Å². The number of fused-ring (bicyclic) bond motifs is 1. The number of non-ortho nitro benzene ring substituents is 1. The lowest BCUT2D eigenvalue weighted by molar-refractivity contribution is -0.384. The van der Waals surface area contributed by atoms with Gasteiger partial charge in [0.05, 0.1) is 16.9 Å². The lowest BCUT2D eigenvalue weighted by Crippen LogP contribution is -2.27. The molecule has 8 nitrogen and oxygen atoms in total. The van der Waals surface area contributed by atoms with Crippen molar-refractivity contribution in [2.45, 2.75) is 13.2 Å². The summed E-state index contributed by atoms with van der Waals surface area (Å²) in [4.78, 5) is 35.9. The van der Waals surface area contributed by atoms with E-state index in [9.17, 15) is 19.7 Å². The van der Waals surface area contributed by atoms with Crippen LogP contribution in [-0.4, -0.2) is 20.7 Å². The molecule has 0 aliphatic rings. The number of carbonyl (C=O) groups excluding carboxylic acids is 1. The third kappa shape index (κ3) is 4.32. The molecule has 0 saturated carbocycles. The maximum atomic E-state index is 12.9. The molecule has 0 bridgehead atoms. The van der Waals surface area contributed by atoms with E-state index in [-0.39, 0.29) is 30.1 Å². The number of carbonyl (C=O) groups is 1. The van der Waals surface area contributed by atoms with Gasteiger partial charge in [-0.2, -0.15) is 5.10 Å². The smallest absolute Gasteiger partial charge is 0.359 e. The van der Waals surface area contributed by atoms with E-state index in [4.69, 9.17) is 4.74 Å². The largest absolute Gasteiger partial charge is 0.456 e. The molecule has 0 fully saturated rings. The first kappa shape index (κ1) is 20.0. The Morgan fingerprint density at radius 3 is 2.23 bits per heavy atom. The molecular formula is C23H17N3O5. The zero-order valence-corrected chi connectivity index (χ0v) is 16.3. The molecule has 0 unspecified atom stereocenters. The number of benzene rings is 3. The quantitative estimate of drug-likeness (QED) is 0.270. The van der Waals surface area contributed by atoms with Gasteiger partial charge in [-0.3, -0.25) is 14.9 Å². The van der Waals surface area contributed by atoms with Crippen LogP contribution in [-0.2, 0) is 17.9 Å². The van der Waals surface area contributed by atoms with Gasteiger partial charge in [-0.25, -0.2) is 9.48 Å². The highest BCUT2D eigenvalue weighted by molar-refractivity contribution is 6.02. The maximum Gasteiger partial charge on any atom is 0.359 e. The summed E-state index contributed by atoms with van der Waals surface area (Å²) in [5.41, 5.74) is 1.16. The molecule has 0 atom stereocenters. The van der Waals surface area contributed by atoms with Crippen LogP contribution in [0.25, 0.3) is 10.8 Å². The van der Waals surface area contributed by atoms with E-state index in [1.54, 1.807) is 24.3 Å². The topological polar surface area (TPSA) is 104 Å². The Morgan fingerprint density at radius 2 is 1.55 bits per heavy atom. The number of hydrogen-bond donors (Lipinski definition) is 0. The molecule has 0 aliphatic heterocycles. The van der Waals surface area contributed by atoms with Crippen LogP contribution in [0.15, 0.2) is 83.7 Å². The van der Waals surface area contributed by atoms with Crippen molar-refractivity contribution >= 4 is 22.4 Å². The molecule has 4 rings (SSSR count).